The lowest BCUT2D eigenvalue weighted by Crippen LogP contribution is -2.33. The third-order valence-corrected chi connectivity index (χ3v) is 8.17. The van der Waals surface area contributed by atoms with Crippen molar-refractivity contribution in [2.75, 3.05) is 5.75 Å². The van der Waals surface area contributed by atoms with Crippen LogP contribution in [0.25, 0.3) is 10.2 Å². The topological polar surface area (TPSA) is 81.8 Å². The number of halogens is 1. The number of hydrogen-bond acceptors (Lipinski definition) is 6. The number of hydrogen-bond donors (Lipinski definition) is 1. The number of thiazole rings is 1. The van der Waals surface area contributed by atoms with Gasteiger partial charge in [0.15, 0.2) is 11.0 Å². The standard InChI is InChI=1S/C25H26FN5O2S2/c26-18-10-11-21-20(14-18)31(25(33)35-21)15-22-28-29-24(30(22)13-12-17-6-2-1-3-7-17)34-16-23(32)27-19-8-4-5-9-19/h1-3,6-7,10-11,14,19H,4-5,8-9,12-13,15-16H2,(H,27,32). The smallest absolute Gasteiger partial charge is 0.308 e. The summed E-state index contributed by atoms with van der Waals surface area (Å²) in [5, 5.41) is 12.5. The number of amides is 1. The Hall–Kier alpha value is -2.98. The van der Waals surface area contributed by atoms with Gasteiger partial charge >= 0.3 is 4.87 Å². The predicted octanol–water partition coefficient (Wildman–Crippen LogP) is 4.24. The number of nitrogens with one attached hydrogen (secondary N) is 1. The molecule has 0 spiro atoms. The minimum absolute atomic E-state index is 0.00316. The third kappa shape index (κ3) is 5.65. The molecule has 2 heterocycles. The number of fused-ring (bicyclic) bond motifs is 1. The Labute approximate surface area is 210 Å². The van der Waals surface area contributed by atoms with Crippen molar-refractivity contribution in [3.8, 4) is 0 Å². The van der Waals surface area contributed by atoms with E-state index in [4.69, 9.17) is 0 Å². The summed E-state index contributed by atoms with van der Waals surface area (Å²) in [6.07, 6.45) is 5.16. The first-order valence-corrected chi connectivity index (χ1v) is 13.5. The van der Waals surface area contributed by atoms with Gasteiger partial charge in [-0.2, -0.15) is 0 Å². The summed E-state index contributed by atoms with van der Waals surface area (Å²) in [5.74, 6) is 0.466. The normalized spacial score (nSPS) is 14.1. The summed E-state index contributed by atoms with van der Waals surface area (Å²) in [6, 6.07) is 14.7. The largest absolute Gasteiger partial charge is 0.353 e. The van der Waals surface area contributed by atoms with E-state index in [2.05, 4.69) is 27.6 Å². The van der Waals surface area contributed by atoms with Crippen LogP contribution in [0, 0.1) is 5.82 Å². The van der Waals surface area contributed by atoms with Crippen molar-refractivity contribution < 1.29 is 9.18 Å². The molecule has 0 aliphatic heterocycles. The van der Waals surface area contributed by atoms with Gasteiger partial charge in [0.05, 0.1) is 22.5 Å². The molecule has 4 aromatic rings. The fraction of sp³-hybridized carbons (Fsp3) is 0.360. The number of rotatable bonds is 9. The first kappa shape index (κ1) is 23.7. The van der Waals surface area contributed by atoms with Crippen molar-refractivity contribution in [3.63, 3.8) is 0 Å². The van der Waals surface area contributed by atoms with E-state index in [0.29, 0.717) is 23.0 Å². The molecule has 1 fully saturated rings. The van der Waals surface area contributed by atoms with Gasteiger partial charge in [0.2, 0.25) is 5.91 Å². The van der Waals surface area contributed by atoms with E-state index in [1.54, 1.807) is 6.07 Å². The van der Waals surface area contributed by atoms with E-state index in [0.717, 1.165) is 48.1 Å². The van der Waals surface area contributed by atoms with Gasteiger partial charge in [0, 0.05) is 12.6 Å². The molecule has 1 saturated carbocycles. The summed E-state index contributed by atoms with van der Waals surface area (Å²) in [4.78, 5) is 25.0. The summed E-state index contributed by atoms with van der Waals surface area (Å²) in [6.45, 7) is 0.781. The molecular weight excluding hydrogens is 485 g/mol. The number of carbonyl (C=O) groups is 1. The van der Waals surface area contributed by atoms with E-state index in [-0.39, 0.29) is 34.9 Å². The van der Waals surface area contributed by atoms with Crippen molar-refractivity contribution in [1.82, 2.24) is 24.6 Å². The lowest BCUT2D eigenvalue weighted by atomic mass is 10.1. The molecule has 0 bridgehead atoms. The van der Waals surface area contributed by atoms with Crippen LogP contribution in [-0.4, -0.2) is 37.0 Å². The van der Waals surface area contributed by atoms with E-state index in [9.17, 15) is 14.0 Å². The molecule has 1 aliphatic rings. The van der Waals surface area contributed by atoms with Gasteiger partial charge in [0.25, 0.3) is 0 Å². The molecule has 1 amide bonds. The number of nitrogens with zero attached hydrogens (tertiary/aromatic N) is 4. The Morgan fingerprint density at radius 2 is 1.91 bits per heavy atom. The van der Waals surface area contributed by atoms with Crippen LogP contribution in [0.1, 0.15) is 37.1 Å². The van der Waals surface area contributed by atoms with Gasteiger partial charge in [-0.15, -0.1) is 10.2 Å². The Morgan fingerprint density at radius 1 is 1.11 bits per heavy atom. The molecule has 10 heteroatoms. The summed E-state index contributed by atoms with van der Waals surface area (Å²) in [7, 11) is 0. The van der Waals surface area contributed by atoms with Crippen molar-refractivity contribution in [2.45, 2.75) is 56.4 Å². The number of aromatic nitrogens is 4. The minimum Gasteiger partial charge on any atom is -0.353 e. The van der Waals surface area contributed by atoms with Gasteiger partial charge in [-0.3, -0.25) is 14.2 Å². The lowest BCUT2D eigenvalue weighted by molar-refractivity contribution is -0.119. The Balaban J connectivity index is 1.38. The van der Waals surface area contributed by atoms with Gasteiger partial charge < -0.3 is 9.88 Å². The fourth-order valence-corrected chi connectivity index (χ4v) is 6.11. The molecule has 1 N–H and O–H groups in total. The first-order chi connectivity index (χ1) is 17.1. The molecule has 1 aliphatic carbocycles. The number of benzene rings is 2. The predicted molar refractivity (Wildman–Crippen MR) is 136 cm³/mol. The fourth-order valence-electron chi connectivity index (χ4n) is 4.45. The summed E-state index contributed by atoms with van der Waals surface area (Å²) < 4.78 is 18.1. The molecule has 35 heavy (non-hydrogen) atoms. The molecule has 5 rings (SSSR count). The van der Waals surface area contributed by atoms with Crippen LogP contribution in [0.4, 0.5) is 4.39 Å². The van der Waals surface area contributed by atoms with Crippen molar-refractivity contribution in [3.05, 3.63) is 75.4 Å². The highest BCUT2D eigenvalue weighted by Gasteiger charge is 2.20. The molecule has 0 unspecified atom stereocenters. The van der Waals surface area contributed by atoms with Crippen molar-refractivity contribution in [2.24, 2.45) is 0 Å². The van der Waals surface area contributed by atoms with E-state index in [1.807, 2.05) is 22.8 Å². The highest BCUT2D eigenvalue weighted by Crippen LogP contribution is 2.23. The summed E-state index contributed by atoms with van der Waals surface area (Å²) >= 11 is 2.43. The molecule has 0 atom stereocenters. The SMILES string of the molecule is O=C(CSc1nnc(Cn2c(=O)sc3ccc(F)cc32)n1CCc1ccccc1)NC1CCCC1. The van der Waals surface area contributed by atoms with Crippen LogP contribution in [-0.2, 0) is 24.3 Å². The molecule has 2 aromatic carbocycles. The van der Waals surface area contributed by atoms with Crippen LogP contribution in [0.2, 0.25) is 0 Å². The van der Waals surface area contributed by atoms with Gasteiger partial charge in [-0.25, -0.2) is 4.39 Å². The van der Waals surface area contributed by atoms with Crippen LogP contribution in [0.5, 0.6) is 0 Å². The van der Waals surface area contributed by atoms with Crippen LogP contribution < -0.4 is 10.2 Å². The van der Waals surface area contributed by atoms with Crippen LogP contribution in [0.15, 0.2) is 58.5 Å². The lowest BCUT2D eigenvalue weighted by Gasteiger charge is -2.13. The van der Waals surface area contributed by atoms with Gasteiger partial charge in [0.1, 0.15) is 5.82 Å². The molecule has 182 valence electrons. The zero-order chi connectivity index (χ0) is 24.2. The number of thioether (sulfide) groups is 1. The average molecular weight is 512 g/mol. The molecule has 7 nitrogen and oxygen atoms in total. The second-order valence-corrected chi connectivity index (χ2v) is 10.6. The van der Waals surface area contributed by atoms with E-state index < -0.39 is 0 Å². The molecule has 2 aromatic heterocycles. The molecule has 0 saturated heterocycles. The van der Waals surface area contributed by atoms with E-state index >= 15 is 0 Å². The molecule has 0 radical (unpaired) electrons. The van der Waals surface area contributed by atoms with Crippen molar-refractivity contribution in [1.29, 1.82) is 0 Å². The van der Waals surface area contributed by atoms with Gasteiger partial charge in [-0.1, -0.05) is 66.3 Å². The zero-order valence-corrected chi connectivity index (χ0v) is 20.8. The maximum Gasteiger partial charge on any atom is 0.308 e. The first-order valence-electron chi connectivity index (χ1n) is 11.7. The molecular formula is C25H26FN5O2S2. The van der Waals surface area contributed by atoms with Crippen LogP contribution in [0.3, 0.4) is 0 Å². The number of aryl methyl sites for hydroxylation is 1. The zero-order valence-electron chi connectivity index (χ0n) is 19.2. The van der Waals surface area contributed by atoms with Crippen molar-refractivity contribution >= 4 is 39.2 Å². The average Bonchev–Trinajstić information content (AvgIpc) is 3.57. The van der Waals surface area contributed by atoms with Gasteiger partial charge in [-0.05, 0) is 43.0 Å². The highest BCUT2D eigenvalue weighted by molar-refractivity contribution is 7.99. The second-order valence-electron chi connectivity index (χ2n) is 8.69. The Kier molecular flexibility index (Phi) is 7.29. The third-order valence-electron chi connectivity index (χ3n) is 6.24. The van der Waals surface area contributed by atoms with E-state index in [1.165, 1.54) is 34.0 Å². The van der Waals surface area contributed by atoms with Crippen LogP contribution >= 0.6 is 23.1 Å². The Bertz CT molecular complexity index is 1380. The monoisotopic (exact) mass is 511 g/mol. The Morgan fingerprint density at radius 3 is 2.71 bits per heavy atom. The maximum absolute atomic E-state index is 13.9. The quantitative estimate of drug-likeness (QED) is 0.340. The number of carbonyl (C=O) groups excluding carboxylic acids is 1. The summed E-state index contributed by atoms with van der Waals surface area (Å²) in [5.41, 5.74) is 1.71. The highest BCUT2D eigenvalue weighted by atomic mass is 32.2. The second kappa shape index (κ2) is 10.7. The maximum atomic E-state index is 13.9. The minimum atomic E-state index is -0.390.